The van der Waals surface area contributed by atoms with Crippen molar-refractivity contribution in [1.29, 1.82) is 0 Å². The standard InChI is InChI=1S/C33H35N3O7/c1-21-18-36(31(39)34-29(21)38)30-27-28(37)32(43-30,19-35(27)2)20-42-33(22-8-6-5-7-9-22,23-10-14-25(40-3)15-11-23)24-12-16-26(41-4)17-13-24/h5-18,27-28,30,37H,19-20H2,1-4H3,(H,34,38,39)/t27-,28+,30-,32-/m1/s1. The van der Waals surface area contributed by atoms with Gasteiger partial charge in [0.2, 0.25) is 0 Å². The highest BCUT2D eigenvalue weighted by molar-refractivity contribution is 5.49. The molecule has 0 spiro atoms. The lowest BCUT2D eigenvalue weighted by molar-refractivity contribution is -0.176. The first-order chi connectivity index (χ1) is 20.7. The van der Waals surface area contributed by atoms with E-state index in [0.29, 0.717) is 23.6 Å². The molecule has 6 rings (SSSR count). The molecule has 10 heteroatoms. The highest BCUT2D eigenvalue weighted by Crippen LogP contribution is 2.48. The number of aromatic amines is 1. The predicted molar refractivity (Wildman–Crippen MR) is 160 cm³/mol. The van der Waals surface area contributed by atoms with Crippen LogP contribution in [0.1, 0.15) is 28.5 Å². The summed E-state index contributed by atoms with van der Waals surface area (Å²) < 4.78 is 25.9. The van der Waals surface area contributed by atoms with Crippen LogP contribution in [0.25, 0.3) is 0 Å². The molecule has 0 saturated carbocycles. The van der Waals surface area contributed by atoms with Gasteiger partial charge in [-0.1, -0.05) is 54.6 Å². The Kier molecular flexibility index (Phi) is 7.47. The number of aliphatic hydroxyl groups excluding tert-OH is 1. The maximum Gasteiger partial charge on any atom is 0.330 e. The maximum atomic E-state index is 12.8. The van der Waals surface area contributed by atoms with Crippen molar-refractivity contribution in [3.63, 3.8) is 0 Å². The number of aromatic nitrogens is 2. The molecule has 0 amide bonds. The van der Waals surface area contributed by atoms with E-state index < -0.39 is 40.8 Å². The molecule has 3 heterocycles. The smallest absolute Gasteiger partial charge is 0.330 e. The minimum atomic E-state index is -1.16. The molecule has 0 aliphatic carbocycles. The van der Waals surface area contributed by atoms with Gasteiger partial charge in [0.1, 0.15) is 28.8 Å². The van der Waals surface area contributed by atoms with E-state index in [-0.39, 0.29) is 6.61 Å². The molecule has 224 valence electrons. The number of benzene rings is 3. The second-order valence-corrected chi connectivity index (χ2v) is 11.2. The van der Waals surface area contributed by atoms with E-state index in [1.165, 1.54) is 10.8 Å². The van der Waals surface area contributed by atoms with Crippen LogP contribution in [-0.2, 0) is 15.1 Å². The second kappa shape index (κ2) is 11.1. The van der Waals surface area contributed by atoms with Gasteiger partial charge < -0.3 is 24.1 Å². The third-order valence-corrected chi connectivity index (χ3v) is 8.66. The van der Waals surface area contributed by atoms with E-state index in [2.05, 4.69) is 4.98 Å². The number of hydrogen-bond donors (Lipinski definition) is 2. The molecule has 2 aliphatic rings. The molecule has 43 heavy (non-hydrogen) atoms. The van der Waals surface area contributed by atoms with E-state index in [1.807, 2.05) is 90.8 Å². The van der Waals surface area contributed by atoms with Crippen LogP contribution in [-0.4, -0.2) is 71.7 Å². The highest BCUT2D eigenvalue weighted by Gasteiger charge is 2.64. The average molecular weight is 586 g/mol. The van der Waals surface area contributed by atoms with Crippen molar-refractivity contribution in [3.05, 3.63) is 128 Å². The van der Waals surface area contributed by atoms with E-state index in [1.54, 1.807) is 21.1 Å². The van der Waals surface area contributed by atoms with Gasteiger partial charge in [-0.2, -0.15) is 0 Å². The fraction of sp³-hybridized carbons (Fsp3) is 0.333. The summed E-state index contributed by atoms with van der Waals surface area (Å²) in [5.41, 5.74) is -0.384. The van der Waals surface area contributed by atoms with Crippen LogP contribution in [0.5, 0.6) is 11.5 Å². The molecule has 2 N–H and O–H groups in total. The molecule has 10 nitrogen and oxygen atoms in total. The van der Waals surface area contributed by atoms with Gasteiger partial charge >= 0.3 is 5.69 Å². The number of morpholine rings is 1. The number of likely N-dealkylation sites (tertiary alicyclic amines) is 1. The van der Waals surface area contributed by atoms with Gasteiger partial charge in [0.15, 0.2) is 6.23 Å². The van der Waals surface area contributed by atoms with E-state index in [9.17, 15) is 14.7 Å². The topological polar surface area (TPSA) is 115 Å². The number of aliphatic hydroxyl groups is 1. The molecule has 3 aromatic carbocycles. The molecule has 4 aromatic rings. The third-order valence-electron chi connectivity index (χ3n) is 8.66. The Morgan fingerprint density at radius 1 is 0.930 bits per heavy atom. The Morgan fingerprint density at radius 3 is 2.05 bits per heavy atom. The van der Waals surface area contributed by atoms with E-state index >= 15 is 0 Å². The third kappa shape index (κ3) is 4.76. The normalized spacial score (nSPS) is 23.4. The molecule has 4 atom stereocenters. The van der Waals surface area contributed by atoms with Crippen molar-refractivity contribution in [2.75, 3.05) is 34.4 Å². The maximum absolute atomic E-state index is 12.8. The molecule has 0 radical (unpaired) electrons. The summed E-state index contributed by atoms with van der Waals surface area (Å²) in [7, 11) is 5.12. The largest absolute Gasteiger partial charge is 0.497 e. The van der Waals surface area contributed by atoms with Gasteiger partial charge in [0.05, 0.1) is 26.9 Å². The number of ether oxygens (including phenoxy) is 4. The van der Waals surface area contributed by atoms with Crippen molar-refractivity contribution in [2.24, 2.45) is 0 Å². The first-order valence-electron chi connectivity index (χ1n) is 14.1. The average Bonchev–Trinajstić information content (AvgIpc) is 3.45. The number of nitrogens with one attached hydrogen (secondary N) is 1. The summed E-state index contributed by atoms with van der Waals surface area (Å²) in [6.45, 7) is 2.00. The Balaban J connectivity index is 1.46. The van der Waals surface area contributed by atoms with Crippen molar-refractivity contribution >= 4 is 0 Å². The van der Waals surface area contributed by atoms with Gasteiger partial charge in [0, 0.05) is 18.3 Å². The zero-order chi connectivity index (χ0) is 30.4. The Morgan fingerprint density at radius 2 is 1.49 bits per heavy atom. The summed E-state index contributed by atoms with van der Waals surface area (Å²) in [5, 5.41) is 11.7. The van der Waals surface area contributed by atoms with Crippen molar-refractivity contribution in [1.82, 2.24) is 14.5 Å². The quantitative estimate of drug-likeness (QED) is 0.288. The zero-order valence-corrected chi connectivity index (χ0v) is 24.5. The number of methoxy groups -OCH3 is 2. The van der Waals surface area contributed by atoms with E-state index in [0.717, 1.165) is 16.7 Å². The fourth-order valence-corrected chi connectivity index (χ4v) is 6.43. The van der Waals surface area contributed by atoms with Crippen LogP contribution in [0.4, 0.5) is 0 Å². The van der Waals surface area contributed by atoms with Crippen LogP contribution in [0.2, 0.25) is 0 Å². The number of likely N-dealkylation sites (N-methyl/N-ethyl adjacent to an activating group) is 1. The number of nitrogens with zero attached hydrogens (tertiary/aromatic N) is 2. The number of aryl methyl sites for hydroxylation is 1. The van der Waals surface area contributed by atoms with Gasteiger partial charge in [-0.3, -0.25) is 19.2 Å². The minimum Gasteiger partial charge on any atom is -0.497 e. The zero-order valence-electron chi connectivity index (χ0n) is 24.5. The predicted octanol–water partition coefficient (Wildman–Crippen LogP) is 2.81. The Bertz CT molecular complexity index is 1650. The van der Waals surface area contributed by atoms with Gasteiger partial charge in [-0.15, -0.1) is 0 Å². The van der Waals surface area contributed by atoms with Crippen LogP contribution in [0.15, 0.2) is 94.6 Å². The van der Waals surface area contributed by atoms with Crippen LogP contribution < -0.4 is 20.7 Å². The molecule has 1 aromatic heterocycles. The first-order valence-corrected chi connectivity index (χ1v) is 14.1. The molecular formula is C33H35N3O7. The number of rotatable bonds is 9. The lowest BCUT2D eigenvalue weighted by Gasteiger charge is -2.41. The van der Waals surface area contributed by atoms with Gasteiger partial charge in [0.25, 0.3) is 5.56 Å². The summed E-state index contributed by atoms with van der Waals surface area (Å²) in [6.07, 6.45) is -0.319. The number of fused-ring (bicyclic) bond motifs is 2. The van der Waals surface area contributed by atoms with Crippen molar-refractivity contribution < 1.29 is 24.1 Å². The Hall–Kier alpha value is -4.22. The van der Waals surface area contributed by atoms with Crippen LogP contribution in [0, 0.1) is 6.92 Å². The van der Waals surface area contributed by atoms with E-state index in [4.69, 9.17) is 18.9 Å². The van der Waals surface area contributed by atoms with Crippen LogP contribution in [0.3, 0.4) is 0 Å². The molecule has 0 unspecified atom stereocenters. The lowest BCUT2D eigenvalue weighted by Crippen LogP contribution is -2.50. The molecule has 2 fully saturated rings. The SMILES string of the molecule is COc1ccc(C(OC[C@@]23CN(C)[C@@H]([C@H](n4cc(C)c(=O)[nH]c4=O)O2)[C@@H]3O)(c2ccccc2)c2ccc(OC)cc2)cc1. The van der Waals surface area contributed by atoms with Crippen molar-refractivity contribution in [2.45, 2.75) is 36.5 Å². The van der Waals surface area contributed by atoms with Gasteiger partial charge in [-0.05, 0) is 54.9 Å². The highest BCUT2D eigenvalue weighted by atomic mass is 16.6. The lowest BCUT2D eigenvalue weighted by atomic mass is 9.79. The monoisotopic (exact) mass is 585 g/mol. The summed E-state index contributed by atoms with van der Waals surface area (Å²) in [6, 6.07) is 24.8. The first kappa shape index (κ1) is 28.9. The molecule has 2 aliphatic heterocycles. The van der Waals surface area contributed by atoms with Gasteiger partial charge in [-0.25, -0.2) is 4.79 Å². The number of H-pyrrole nitrogens is 1. The summed E-state index contributed by atoms with van der Waals surface area (Å²) in [4.78, 5) is 29.2. The Labute approximate surface area is 249 Å². The second-order valence-electron chi connectivity index (χ2n) is 11.2. The number of hydrogen-bond acceptors (Lipinski definition) is 8. The molecule has 2 bridgehead atoms. The summed E-state index contributed by atoms with van der Waals surface area (Å²) in [5.74, 6) is 1.41. The summed E-state index contributed by atoms with van der Waals surface area (Å²) >= 11 is 0. The molecule has 2 saturated heterocycles. The van der Waals surface area contributed by atoms with Crippen molar-refractivity contribution in [3.8, 4) is 11.5 Å². The minimum absolute atomic E-state index is 0.00442. The van der Waals surface area contributed by atoms with Crippen LogP contribution >= 0.6 is 0 Å². The fourth-order valence-electron chi connectivity index (χ4n) is 6.43. The molecular weight excluding hydrogens is 550 g/mol.